The number of nitrogens with zero attached hydrogens (tertiary/aromatic N) is 1. The summed E-state index contributed by atoms with van der Waals surface area (Å²) in [6.45, 7) is 3.91. The van der Waals surface area contributed by atoms with Crippen molar-refractivity contribution in [1.29, 1.82) is 0 Å². The maximum absolute atomic E-state index is 11.7. The third kappa shape index (κ3) is 3.40. The summed E-state index contributed by atoms with van der Waals surface area (Å²) < 4.78 is 24.7. The van der Waals surface area contributed by atoms with Gasteiger partial charge in [0.15, 0.2) is 0 Å². The van der Waals surface area contributed by atoms with Crippen molar-refractivity contribution in [2.75, 3.05) is 18.8 Å². The molecule has 0 aromatic heterocycles. The average Bonchev–Trinajstić information content (AvgIpc) is 2.11. The highest BCUT2D eigenvalue weighted by molar-refractivity contribution is 7.89. The molecule has 0 bridgehead atoms. The van der Waals surface area contributed by atoms with E-state index in [2.05, 4.69) is 0 Å². The molecule has 0 unspecified atom stereocenters. The number of hydrogen-bond acceptors (Lipinski definition) is 4. The minimum Gasteiger partial charge on any atom is -0.481 e. The van der Waals surface area contributed by atoms with E-state index >= 15 is 0 Å². The molecule has 0 spiro atoms. The van der Waals surface area contributed by atoms with Gasteiger partial charge in [-0.15, -0.1) is 0 Å². The molecule has 100 valence electrons. The van der Waals surface area contributed by atoms with Crippen molar-refractivity contribution in [2.45, 2.75) is 32.3 Å². The molecule has 6 nitrogen and oxygen atoms in total. The van der Waals surface area contributed by atoms with E-state index in [0.717, 1.165) is 0 Å². The minimum atomic E-state index is -3.41. The van der Waals surface area contributed by atoms with Gasteiger partial charge in [-0.2, -0.15) is 4.31 Å². The molecule has 1 fully saturated rings. The van der Waals surface area contributed by atoms with Gasteiger partial charge in [0.05, 0.1) is 11.4 Å². The molecular weight excluding hydrogens is 246 g/mol. The van der Waals surface area contributed by atoms with Crippen molar-refractivity contribution in [3.05, 3.63) is 0 Å². The van der Waals surface area contributed by atoms with Crippen molar-refractivity contribution in [2.24, 2.45) is 5.92 Å². The lowest BCUT2D eigenvalue weighted by molar-refractivity contribution is -0.137. The van der Waals surface area contributed by atoms with Crippen molar-refractivity contribution < 1.29 is 23.4 Å². The predicted octanol–water partition coefficient (Wildman–Crippen LogP) is -0.116. The van der Waals surface area contributed by atoms with Crippen LogP contribution in [0.2, 0.25) is 0 Å². The van der Waals surface area contributed by atoms with Crippen LogP contribution >= 0.6 is 0 Å². The number of hydrogen-bond donors (Lipinski definition) is 2. The van der Waals surface area contributed by atoms with Crippen LogP contribution in [0.25, 0.3) is 0 Å². The Hall–Kier alpha value is -0.660. The zero-order valence-corrected chi connectivity index (χ0v) is 10.9. The molecule has 2 N–H and O–H groups in total. The molecule has 0 amide bonds. The third-order valence-corrected chi connectivity index (χ3v) is 5.01. The number of carbonyl (C=O) groups is 1. The fourth-order valence-electron chi connectivity index (χ4n) is 1.66. The summed E-state index contributed by atoms with van der Waals surface area (Å²) in [6.07, 6.45) is -0.0458. The van der Waals surface area contributed by atoms with Crippen LogP contribution in [-0.2, 0) is 14.8 Å². The van der Waals surface area contributed by atoms with Crippen LogP contribution in [0.1, 0.15) is 26.7 Å². The van der Waals surface area contributed by atoms with E-state index in [9.17, 15) is 18.3 Å². The Morgan fingerprint density at radius 2 is 1.94 bits per heavy atom. The summed E-state index contributed by atoms with van der Waals surface area (Å²) in [7, 11) is -3.41. The van der Waals surface area contributed by atoms with Gasteiger partial charge in [0, 0.05) is 19.5 Å². The van der Waals surface area contributed by atoms with Crippen LogP contribution in [0.4, 0.5) is 0 Å². The van der Waals surface area contributed by atoms with E-state index in [-0.39, 0.29) is 37.6 Å². The second-order valence-corrected chi connectivity index (χ2v) is 6.93. The number of carboxylic acids is 1. The lowest BCUT2D eigenvalue weighted by Crippen LogP contribution is -2.66. The Balaban J connectivity index is 2.45. The molecule has 0 aromatic carbocycles. The van der Waals surface area contributed by atoms with Gasteiger partial charge in [0.25, 0.3) is 0 Å². The number of aliphatic carboxylic acids is 1. The van der Waals surface area contributed by atoms with Crippen LogP contribution in [-0.4, -0.2) is 53.3 Å². The monoisotopic (exact) mass is 265 g/mol. The number of sulfonamides is 1. The Kier molecular flexibility index (Phi) is 4.16. The van der Waals surface area contributed by atoms with Gasteiger partial charge in [-0.1, -0.05) is 13.8 Å². The highest BCUT2D eigenvalue weighted by Gasteiger charge is 2.48. The zero-order chi connectivity index (χ0) is 13.3. The van der Waals surface area contributed by atoms with E-state index in [0.29, 0.717) is 0 Å². The molecule has 0 saturated carbocycles. The fourth-order valence-corrected chi connectivity index (χ4v) is 3.27. The van der Waals surface area contributed by atoms with E-state index in [1.165, 1.54) is 4.31 Å². The largest absolute Gasteiger partial charge is 0.481 e. The number of carboxylic acid groups (broad SMARTS) is 1. The molecule has 1 aliphatic rings. The molecule has 1 aliphatic heterocycles. The SMILES string of the molecule is CC(C)C1(O)CN(S(=O)(=O)CCCC(=O)O)C1. The van der Waals surface area contributed by atoms with Crippen molar-refractivity contribution in [3.63, 3.8) is 0 Å². The van der Waals surface area contributed by atoms with Crippen LogP contribution in [0, 0.1) is 5.92 Å². The molecule has 1 rings (SSSR count). The number of rotatable bonds is 6. The van der Waals surface area contributed by atoms with E-state index in [4.69, 9.17) is 5.11 Å². The van der Waals surface area contributed by atoms with Gasteiger partial charge < -0.3 is 10.2 Å². The minimum absolute atomic E-state index is 0.00738. The Morgan fingerprint density at radius 3 is 2.35 bits per heavy atom. The molecular formula is C10H19NO5S. The van der Waals surface area contributed by atoms with Crippen LogP contribution in [0.5, 0.6) is 0 Å². The molecule has 1 heterocycles. The normalized spacial score (nSPS) is 20.2. The first-order valence-electron chi connectivity index (χ1n) is 5.59. The van der Waals surface area contributed by atoms with Crippen molar-refractivity contribution >= 4 is 16.0 Å². The first-order valence-corrected chi connectivity index (χ1v) is 7.20. The van der Waals surface area contributed by atoms with Crippen molar-refractivity contribution in [3.8, 4) is 0 Å². The summed E-state index contributed by atoms with van der Waals surface area (Å²) in [5.74, 6) is -1.16. The molecule has 0 radical (unpaired) electrons. The van der Waals surface area contributed by atoms with Gasteiger partial charge in [-0.05, 0) is 12.3 Å². The molecule has 0 atom stereocenters. The summed E-state index contributed by atoms with van der Waals surface area (Å²) >= 11 is 0. The van der Waals surface area contributed by atoms with Gasteiger partial charge in [0.2, 0.25) is 10.0 Å². The number of β-amino-alcohol motifs (C(OH)–C–C–N with tert-alkyl or cyclic N) is 1. The predicted molar refractivity (Wildman–Crippen MR) is 62.0 cm³/mol. The average molecular weight is 265 g/mol. The van der Waals surface area contributed by atoms with Gasteiger partial charge >= 0.3 is 5.97 Å². The molecule has 0 aromatic rings. The number of aliphatic hydroxyl groups is 1. The lowest BCUT2D eigenvalue weighted by atomic mass is 9.85. The highest BCUT2D eigenvalue weighted by Crippen LogP contribution is 2.30. The zero-order valence-electron chi connectivity index (χ0n) is 10.1. The second-order valence-electron chi connectivity index (χ2n) is 4.84. The van der Waals surface area contributed by atoms with Crippen LogP contribution in [0.15, 0.2) is 0 Å². The van der Waals surface area contributed by atoms with Gasteiger partial charge in [0.1, 0.15) is 0 Å². The maximum Gasteiger partial charge on any atom is 0.303 e. The highest BCUT2D eigenvalue weighted by atomic mass is 32.2. The summed E-state index contributed by atoms with van der Waals surface area (Å²) in [5.41, 5.74) is -0.931. The Labute approximate surface area is 101 Å². The van der Waals surface area contributed by atoms with Crippen LogP contribution in [0.3, 0.4) is 0 Å². The first-order chi connectivity index (χ1) is 7.67. The van der Waals surface area contributed by atoms with E-state index in [1.54, 1.807) is 0 Å². The van der Waals surface area contributed by atoms with Gasteiger partial charge in [-0.25, -0.2) is 8.42 Å². The van der Waals surface area contributed by atoms with E-state index < -0.39 is 21.6 Å². The fraction of sp³-hybridized carbons (Fsp3) is 0.900. The lowest BCUT2D eigenvalue weighted by Gasteiger charge is -2.47. The van der Waals surface area contributed by atoms with Crippen molar-refractivity contribution in [1.82, 2.24) is 4.31 Å². The topological polar surface area (TPSA) is 94.9 Å². The smallest absolute Gasteiger partial charge is 0.303 e. The van der Waals surface area contributed by atoms with Gasteiger partial charge in [-0.3, -0.25) is 4.79 Å². The summed E-state index contributed by atoms with van der Waals surface area (Å²) in [5, 5.41) is 18.4. The summed E-state index contributed by atoms with van der Waals surface area (Å²) in [4.78, 5) is 10.3. The Bertz CT molecular complexity index is 384. The molecule has 1 saturated heterocycles. The third-order valence-electron chi connectivity index (χ3n) is 3.16. The summed E-state index contributed by atoms with van der Waals surface area (Å²) in [6, 6.07) is 0. The maximum atomic E-state index is 11.7. The Morgan fingerprint density at radius 1 is 1.41 bits per heavy atom. The molecule has 17 heavy (non-hydrogen) atoms. The second kappa shape index (κ2) is 4.91. The molecule has 0 aliphatic carbocycles. The molecule has 7 heteroatoms. The quantitative estimate of drug-likeness (QED) is 0.698. The first kappa shape index (κ1) is 14.4. The standard InChI is InChI=1S/C10H19NO5S/c1-8(2)10(14)6-11(7-10)17(15,16)5-3-4-9(12)13/h8,14H,3-7H2,1-2H3,(H,12,13). The van der Waals surface area contributed by atoms with E-state index in [1.807, 2.05) is 13.8 Å². The van der Waals surface area contributed by atoms with Crippen LogP contribution < -0.4 is 0 Å².